The van der Waals surface area contributed by atoms with Crippen molar-refractivity contribution in [2.24, 2.45) is 0 Å². The Morgan fingerprint density at radius 2 is 2.35 bits per heavy atom. The monoisotopic (exact) mass is 272 g/mol. The number of carboxylic acids is 1. The SMILES string of the molecule is CSC1CCCC1Nc1nc(C)c(C(=O)O)s1. The Morgan fingerprint density at radius 1 is 1.59 bits per heavy atom. The number of rotatable bonds is 4. The summed E-state index contributed by atoms with van der Waals surface area (Å²) in [6, 6.07) is 0.428. The van der Waals surface area contributed by atoms with Gasteiger partial charge in [-0.1, -0.05) is 17.8 Å². The summed E-state index contributed by atoms with van der Waals surface area (Å²) in [6.45, 7) is 1.74. The van der Waals surface area contributed by atoms with Gasteiger partial charge in [0, 0.05) is 11.3 Å². The summed E-state index contributed by atoms with van der Waals surface area (Å²) in [7, 11) is 0. The molecule has 1 fully saturated rings. The summed E-state index contributed by atoms with van der Waals surface area (Å²) in [5.41, 5.74) is 0.601. The van der Waals surface area contributed by atoms with Crippen LogP contribution in [-0.4, -0.2) is 33.6 Å². The molecule has 2 N–H and O–H groups in total. The van der Waals surface area contributed by atoms with Gasteiger partial charge in [-0.3, -0.25) is 0 Å². The maximum absolute atomic E-state index is 10.9. The zero-order chi connectivity index (χ0) is 12.4. The van der Waals surface area contributed by atoms with Crippen molar-refractivity contribution in [3.05, 3.63) is 10.6 Å². The van der Waals surface area contributed by atoms with Gasteiger partial charge in [0.25, 0.3) is 0 Å². The van der Waals surface area contributed by atoms with Crippen molar-refractivity contribution in [3.8, 4) is 0 Å². The van der Waals surface area contributed by atoms with Crippen LogP contribution in [0.5, 0.6) is 0 Å². The number of anilines is 1. The van der Waals surface area contributed by atoms with Gasteiger partial charge in [0.1, 0.15) is 4.88 Å². The van der Waals surface area contributed by atoms with Crippen molar-refractivity contribution >= 4 is 34.2 Å². The second-order valence-corrected chi connectivity index (χ2v) is 6.27. The third-order valence-electron chi connectivity index (χ3n) is 3.06. The molecular formula is C11H16N2O2S2. The standard InChI is InChI=1S/C11H16N2O2S2/c1-6-9(10(14)15)17-11(12-6)13-7-4-3-5-8(7)16-2/h7-8H,3-5H2,1-2H3,(H,12,13)(H,14,15). The number of nitrogens with zero attached hydrogens (tertiary/aromatic N) is 1. The van der Waals surface area contributed by atoms with E-state index in [2.05, 4.69) is 16.6 Å². The molecule has 1 aliphatic rings. The number of nitrogens with one attached hydrogen (secondary N) is 1. The minimum atomic E-state index is -0.888. The minimum absolute atomic E-state index is 0.339. The maximum atomic E-state index is 10.9. The van der Waals surface area contributed by atoms with E-state index in [1.54, 1.807) is 6.92 Å². The molecule has 2 rings (SSSR count). The fourth-order valence-electron chi connectivity index (χ4n) is 2.19. The molecule has 1 aromatic rings. The number of thioether (sulfide) groups is 1. The van der Waals surface area contributed by atoms with Gasteiger partial charge in [-0.15, -0.1) is 0 Å². The number of hydrogen-bond donors (Lipinski definition) is 2. The summed E-state index contributed by atoms with van der Waals surface area (Å²) in [5, 5.41) is 13.7. The van der Waals surface area contributed by atoms with Gasteiger partial charge in [0.2, 0.25) is 0 Å². The van der Waals surface area contributed by atoms with E-state index in [-0.39, 0.29) is 0 Å². The van der Waals surface area contributed by atoms with Gasteiger partial charge in [0.05, 0.1) is 5.69 Å². The smallest absolute Gasteiger partial charge is 0.347 e. The highest BCUT2D eigenvalue weighted by molar-refractivity contribution is 7.99. The van der Waals surface area contributed by atoms with Gasteiger partial charge in [-0.05, 0) is 26.0 Å². The lowest BCUT2D eigenvalue weighted by atomic mass is 10.2. The number of carboxylic acid groups (broad SMARTS) is 1. The lowest BCUT2D eigenvalue weighted by Gasteiger charge is -2.18. The van der Waals surface area contributed by atoms with Crippen LogP contribution in [0.25, 0.3) is 0 Å². The quantitative estimate of drug-likeness (QED) is 0.882. The van der Waals surface area contributed by atoms with E-state index < -0.39 is 5.97 Å². The number of aromatic nitrogens is 1. The maximum Gasteiger partial charge on any atom is 0.347 e. The van der Waals surface area contributed by atoms with E-state index in [1.165, 1.54) is 24.2 Å². The largest absolute Gasteiger partial charge is 0.477 e. The van der Waals surface area contributed by atoms with Crippen LogP contribution in [0.4, 0.5) is 5.13 Å². The number of hydrogen-bond acceptors (Lipinski definition) is 5. The molecule has 17 heavy (non-hydrogen) atoms. The first-order valence-electron chi connectivity index (χ1n) is 5.62. The second kappa shape index (κ2) is 5.27. The first kappa shape index (κ1) is 12.7. The fourth-order valence-corrected chi connectivity index (χ4v) is 3.99. The number of aryl methyl sites for hydroxylation is 1. The molecule has 1 heterocycles. The molecule has 1 aliphatic carbocycles. The summed E-state index contributed by atoms with van der Waals surface area (Å²) in [6.07, 6.45) is 5.74. The molecule has 0 radical (unpaired) electrons. The molecule has 2 atom stereocenters. The van der Waals surface area contributed by atoms with Crippen molar-refractivity contribution < 1.29 is 9.90 Å². The Morgan fingerprint density at radius 3 is 2.94 bits per heavy atom. The molecule has 4 nitrogen and oxygen atoms in total. The van der Waals surface area contributed by atoms with Crippen LogP contribution >= 0.6 is 23.1 Å². The van der Waals surface area contributed by atoms with E-state index in [1.807, 2.05) is 11.8 Å². The topological polar surface area (TPSA) is 62.2 Å². The molecule has 0 aliphatic heterocycles. The molecule has 6 heteroatoms. The fraction of sp³-hybridized carbons (Fsp3) is 0.636. The number of thiazole rings is 1. The van der Waals surface area contributed by atoms with Gasteiger partial charge in [-0.25, -0.2) is 9.78 Å². The number of aromatic carboxylic acids is 1. The van der Waals surface area contributed by atoms with Crippen molar-refractivity contribution in [2.45, 2.75) is 37.5 Å². The lowest BCUT2D eigenvalue weighted by Crippen LogP contribution is -2.25. The molecule has 1 saturated carbocycles. The Bertz CT molecular complexity index is 420. The van der Waals surface area contributed by atoms with Crippen LogP contribution in [-0.2, 0) is 0 Å². The van der Waals surface area contributed by atoms with Crippen LogP contribution in [0.15, 0.2) is 0 Å². The molecule has 0 amide bonds. The Kier molecular flexibility index (Phi) is 3.93. The summed E-state index contributed by atoms with van der Waals surface area (Å²) in [4.78, 5) is 15.6. The highest BCUT2D eigenvalue weighted by Gasteiger charge is 2.27. The van der Waals surface area contributed by atoms with E-state index in [9.17, 15) is 4.79 Å². The van der Waals surface area contributed by atoms with Crippen molar-refractivity contribution in [1.82, 2.24) is 4.98 Å². The van der Waals surface area contributed by atoms with Gasteiger partial charge >= 0.3 is 5.97 Å². The zero-order valence-electron chi connectivity index (χ0n) is 9.90. The molecule has 0 aromatic carbocycles. The van der Waals surface area contributed by atoms with E-state index in [0.717, 1.165) is 11.6 Å². The second-order valence-electron chi connectivity index (χ2n) is 4.19. The van der Waals surface area contributed by atoms with Gasteiger partial charge in [0.15, 0.2) is 5.13 Å². The third kappa shape index (κ3) is 2.74. The average molecular weight is 272 g/mol. The number of carbonyl (C=O) groups is 1. The van der Waals surface area contributed by atoms with Gasteiger partial charge < -0.3 is 10.4 Å². The molecule has 0 bridgehead atoms. The predicted octanol–water partition coefficient (Wildman–Crippen LogP) is 2.85. The normalized spacial score (nSPS) is 23.9. The zero-order valence-corrected chi connectivity index (χ0v) is 11.5. The molecule has 0 saturated heterocycles. The summed E-state index contributed by atoms with van der Waals surface area (Å²) >= 11 is 3.11. The summed E-state index contributed by atoms with van der Waals surface area (Å²) in [5.74, 6) is -0.888. The first-order valence-corrected chi connectivity index (χ1v) is 7.72. The van der Waals surface area contributed by atoms with Crippen LogP contribution < -0.4 is 5.32 Å². The Labute approximate surface area is 109 Å². The average Bonchev–Trinajstić information content (AvgIpc) is 2.85. The van der Waals surface area contributed by atoms with Crippen LogP contribution in [0.1, 0.15) is 34.6 Å². The third-order valence-corrected chi connectivity index (χ3v) is 5.30. The highest BCUT2D eigenvalue weighted by atomic mass is 32.2. The van der Waals surface area contributed by atoms with Crippen LogP contribution in [0.3, 0.4) is 0 Å². The Balaban J connectivity index is 2.08. The molecule has 0 spiro atoms. The molecule has 94 valence electrons. The molecule has 1 aromatic heterocycles. The van der Waals surface area contributed by atoms with E-state index >= 15 is 0 Å². The molecule has 2 unspecified atom stereocenters. The van der Waals surface area contributed by atoms with E-state index in [0.29, 0.717) is 21.9 Å². The van der Waals surface area contributed by atoms with Crippen molar-refractivity contribution in [1.29, 1.82) is 0 Å². The van der Waals surface area contributed by atoms with Crippen LogP contribution in [0, 0.1) is 6.92 Å². The van der Waals surface area contributed by atoms with Crippen molar-refractivity contribution in [2.75, 3.05) is 11.6 Å². The first-order chi connectivity index (χ1) is 8.11. The molecular weight excluding hydrogens is 256 g/mol. The lowest BCUT2D eigenvalue weighted by molar-refractivity contribution is 0.0701. The van der Waals surface area contributed by atoms with E-state index in [4.69, 9.17) is 5.11 Å². The van der Waals surface area contributed by atoms with Crippen molar-refractivity contribution in [3.63, 3.8) is 0 Å². The summed E-state index contributed by atoms with van der Waals surface area (Å²) < 4.78 is 0. The van der Waals surface area contributed by atoms with Gasteiger partial charge in [-0.2, -0.15) is 11.8 Å². The Hall–Kier alpha value is -0.750. The minimum Gasteiger partial charge on any atom is -0.477 e. The predicted molar refractivity (Wildman–Crippen MR) is 72.4 cm³/mol. The highest BCUT2D eigenvalue weighted by Crippen LogP contribution is 2.32. The van der Waals surface area contributed by atoms with Crippen LogP contribution in [0.2, 0.25) is 0 Å².